The third kappa shape index (κ3) is 19.0. The molecule has 552 valence electrons. The zero-order valence-electron chi connectivity index (χ0n) is 59.5. The van der Waals surface area contributed by atoms with E-state index in [0.717, 1.165) is 44.1 Å². The van der Waals surface area contributed by atoms with E-state index in [0.29, 0.717) is 124 Å². The molecule has 0 saturated carbocycles. The number of carbonyl (C=O) groups excluding carboxylic acids is 7. The Labute approximate surface area is 603 Å². The Bertz CT molecular complexity index is 4480. The summed E-state index contributed by atoms with van der Waals surface area (Å²) in [4.78, 5) is 95.6. The molecule has 0 radical (unpaired) electrons. The van der Waals surface area contributed by atoms with Crippen molar-refractivity contribution in [3.8, 4) is 51.6 Å². The second kappa shape index (κ2) is 35.7. The van der Waals surface area contributed by atoms with Crippen LogP contribution in [0.3, 0.4) is 0 Å². The molecule has 105 heavy (non-hydrogen) atoms. The van der Waals surface area contributed by atoms with Crippen LogP contribution in [-0.2, 0) is 23.9 Å². The Balaban J connectivity index is 0.000000171. The molecule has 0 bridgehead atoms. The smallest absolute Gasteiger partial charge is 0.399 e. The highest BCUT2D eigenvalue weighted by molar-refractivity contribution is 6.39. The molecular formula is C74H83N13O18. The Hall–Kier alpha value is -12.0. The zero-order chi connectivity index (χ0) is 76.1. The minimum atomic E-state index is -1.23. The number of aromatic amines is 3. The predicted octanol–water partition coefficient (Wildman–Crippen LogP) is 12.1. The molecule has 4 aliphatic rings. The summed E-state index contributed by atoms with van der Waals surface area (Å²) in [6.45, 7) is 24.9. The van der Waals surface area contributed by atoms with Gasteiger partial charge in [0.2, 0.25) is 5.82 Å². The van der Waals surface area contributed by atoms with Crippen molar-refractivity contribution in [2.45, 2.75) is 168 Å². The second-order valence-electron chi connectivity index (χ2n) is 24.6. The maximum atomic E-state index is 12.6. The van der Waals surface area contributed by atoms with Crippen LogP contribution in [0.4, 0.5) is 0 Å². The van der Waals surface area contributed by atoms with Gasteiger partial charge in [0.1, 0.15) is 51.2 Å². The molecular weight excluding hydrogens is 1360 g/mol. The number of amidine groups is 2. The van der Waals surface area contributed by atoms with Crippen LogP contribution in [0.15, 0.2) is 125 Å². The number of carbonyl (C=O) groups is 7. The van der Waals surface area contributed by atoms with Crippen molar-refractivity contribution >= 4 is 58.9 Å². The Morgan fingerprint density at radius 3 is 1.59 bits per heavy atom. The van der Waals surface area contributed by atoms with Gasteiger partial charge >= 0.3 is 17.8 Å². The number of nitrogens with one attached hydrogen (secondary N) is 4. The lowest BCUT2D eigenvalue weighted by molar-refractivity contribution is -0.135. The van der Waals surface area contributed by atoms with Crippen LogP contribution >= 0.6 is 0 Å². The largest absolute Gasteiger partial charge is 0.486 e. The van der Waals surface area contributed by atoms with Gasteiger partial charge in [-0.25, -0.2) is 9.63 Å². The fraction of sp³-hybridized carbons (Fsp3) is 0.378. The molecule has 0 spiro atoms. The fourth-order valence-corrected chi connectivity index (χ4v) is 11.6. The number of fused-ring (bicyclic) bond motifs is 4. The highest BCUT2D eigenvalue weighted by Crippen LogP contribution is 2.43. The number of aromatic nitrogens is 8. The third-order valence-electron chi connectivity index (χ3n) is 18.6. The lowest BCUT2D eigenvalue weighted by Gasteiger charge is -2.36. The molecule has 8 heterocycles. The van der Waals surface area contributed by atoms with E-state index in [4.69, 9.17) is 55.9 Å². The van der Waals surface area contributed by atoms with Crippen molar-refractivity contribution in [1.29, 1.82) is 5.41 Å². The average Bonchev–Trinajstić information content (AvgIpc) is 1.58. The molecule has 1 atom stereocenters. The van der Waals surface area contributed by atoms with Crippen molar-refractivity contribution in [2.75, 3.05) is 13.2 Å². The molecule has 4 aromatic carbocycles. The monoisotopic (exact) mass is 1440 g/mol. The number of hydrogen-bond acceptors (Lipinski definition) is 26. The van der Waals surface area contributed by atoms with E-state index < -0.39 is 46.5 Å². The number of aliphatic hydroxyl groups is 1. The number of Topliss-reactive ketones (excluding diaryl/α,β-unsaturated/α-hetero) is 4. The first-order chi connectivity index (χ1) is 50.5. The van der Waals surface area contributed by atoms with Crippen molar-refractivity contribution < 1.29 is 86.4 Å². The summed E-state index contributed by atoms with van der Waals surface area (Å²) in [6.07, 6.45) is 15.6. The summed E-state index contributed by atoms with van der Waals surface area (Å²) < 4.78 is 44.2. The molecule has 0 saturated heterocycles. The lowest BCUT2D eigenvalue weighted by Crippen LogP contribution is -2.41. The summed E-state index contributed by atoms with van der Waals surface area (Å²) in [7, 11) is 0. The Morgan fingerprint density at radius 2 is 1.11 bits per heavy atom. The van der Waals surface area contributed by atoms with E-state index in [1.165, 1.54) is 36.8 Å². The van der Waals surface area contributed by atoms with Crippen LogP contribution in [-0.4, -0.2) is 146 Å². The average molecular weight is 1440 g/mol. The number of benzene rings is 4. The molecule has 8 N–H and O–H groups in total. The van der Waals surface area contributed by atoms with Gasteiger partial charge in [-0.2, -0.15) is 20.3 Å². The van der Waals surface area contributed by atoms with Gasteiger partial charge in [-0.3, -0.25) is 44.1 Å². The van der Waals surface area contributed by atoms with Crippen molar-refractivity contribution in [3.05, 3.63) is 166 Å². The Morgan fingerprint density at radius 1 is 0.638 bits per heavy atom. The van der Waals surface area contributed by atoms with Crippen LogP contribution in [0, 0.1) is 12.0 Å². The number of hydrogen-bond donors (Lipinski definition) is 7. The number of aliphatic hydroxyl groups excluding tert-OH is 1. The van der Waals surface area contributed by atoms with Gasteiger partial charge in [0, 0.05) is 35.3 Å². The number of oxime groups is 2. The highest BCUT2D eigenvalue weighted by Gasteiger charge is 2.42. The topological polar surface area (TPSA) is 438 Å². The summed E-state index contributed by atoms with van der Waals surface area (Å²) in [5, 5.41) is 55.3. The summed E-state index contributed by atoms with van der Waals surface area (Å²) in [6, 6.07) is 19.6. The minimum Gasteiger partial charge on any atom is -0.486 e. The van der Waals surface area contributed by atoms with E-state index in [-0.39, 0.29) is 59.9 Å². The predicted molar refractivity (Wildman–Crippen MR) is 378 cm³/mol. The van der Waals surface area contributed by atoms with E-state index in [2.05, 4.69) is 65.5 Å². The third-order valence-corrected chi connectivity index (χ3v) is 18.6. The lowest BCUT2D eigenvalue weighted by atomic mass is 9.85. The van der Waals surface area contributed by atoms with Crippen LogP contribution < -0.4 is 29.4 Å². The Kier molecular flexibility index (Phi) is 26.8. The second-order valence-corrected chi connectivity index (χ2v) is 24.6. The maximum Gasteiger partial charge on any atom is 0.399 e. The first kappa shape index (κ1) is 78.7. The van der Waals surface area contributed by atoms with Gasteiger partial charge in [-0.05, 0) is 125 Å². The van der Waals surface area contributed by atoms with Crippen molar-refractivity contribution in [3.63, 3.8) is 0 Å². The van der Waals surface area contributed by atoms with Gasteiger partial charge in [0.15, 0.2) is 35.3 Å². The maximum absolute atomic E-state index is 12.6. The molecule has 8 aromatic rings. The number of nitrogens with zero attached hydrogens (tertiary/aromatic N) is 8. The van der Waals surface area contributed by atoms with Crippen LogP contribution in [0.2, 0.25) is 0 Å². The molecule has 0 aliphatic carbocycles. The number of nitrogens with two attached hydrogens (primary N) is 1. The number of H-pyrrole nitrogens is 3. The van der Waals surface area contributed by atoms with Crippen molar-refractivity contribution in [2.24, 2.45) is 16.0 Å². The summed E-state index contributed by atoms with van der Waals surface area (Å²) in [5.74, 6) is 0.822. The zero-order valence-corrected chi connectivity index (χ0v) is 59.5. The summed E-state index contributed by atoms with van der Waals surface area (Å²) >= 11 is 0. The number of ether oxygens (including phenoxy) is 7. The SMILES string of the molecule is CCC1(CC)CC(=O)c2cc(-c3nc(-c4cn[nH]c4)no3)ccc2O1.CCC1(CC)CC(=O)c2cc(C(O)OCC(=N)c3cn[nH]c3)ccc2O1.CCC1(CC)CC(=O)c2cc(OC=O)ccc2O1.NC(=NO)c1cn[nH]c1.[C-]#[N+]/C(=N/OC(=O)c1ccc2c(c1)C(=O)CC(CC)(CC)O2)C(=O)OCC. The molecule has 0 fully saturated rings. The van der Waals surface area contributed by atoms with E-state index in [1.807, 2.05) is 67.5 Å². The fourth-order valence-electron chi connectivity index (χ4n) is 11.6. The normalized spacial score (nSPS) is 15.6. The quantitative estimate of drug-likeness (QED) is 0.00404. The molecule has 31 heteroatoms. The molecule has 1 unspecified atom stereocenters. The standard InChI is InChI=1S/C19H23N3O4.C19H20N2O6.C18H18N4O3.C14H16O4.C4H6N4O/c1-3-19(4-2)8-16(23)14-7-12(5-6-17(14)26-19)18(24)25-11-15(20)13-9-21-22-10-13;1-5-19(6-2)11-14(22)13-10-12(8-9-15(13)26-19)17(23)27-21-16(20-4)18(24)25-7-3;1-3-18(4-2)8-14(23)13-7-11(5-6-15(13)24-18)17-21-16(22-25-17)12-9-19-20-10-12;1-3-14(4-2)8-12(16)11-7-10(17-9-15)5-6-13(11)18-14;5-4(8-9)3-1-6-7-2-3/h5-7,9-10,18,20,24H,3-4,8,11H2,1-2H3,(H,21,22);8-10H,5-7,11H2,1-3H3;5-7,9-10H,3-4,8H2,1-2H3,(H,19,20);5-7,9H,3-4,8H2,1-2H3;1-2,9H,(H2,5,8)(H,6,7)/b;21-16+;;;. The number of esters is 1. The molecule has 4 aromatic heterocycles. The van der Waals surface area contributed by atoms with Crippen molar-refractivity contribution in [1.82, 2.24) is 40.7 Å². The van der Waals surface area contributed by atoms with Gasteiger partial charge in [-0.15, -0.1) is 0 Å². The molecule has 31 nitrogen and oxygen atoms in total. The van der Waals surface area contributed by atoms with Gasteiger partial charge in [-0.1, -0.05) is 78.3 Å². The van der Waals surface area contributed by atoms with E-state index in [9.17, 15) is 38.7 Å². The van der Waals surface area contributed by atoms with E-state index >= 15 is 0 Å². The molecule has 0 amide bonds. The van der Waals surface area contributed by atoms with Gasteiger partial charge in [0.25, 0.3) is 12.4 Å². The van der Waals surface area contributed by atoms with Crippen LogP contribution in [0.5, 0.6) is 28.7 Å². The van der Waals surface area contributed by atoms with Crippen LogP contribution in [0.1, 0.15) is 214 Å². The highest BCUT2D eigenvalue weighted by atomic mass is 16.7. The molecule has 12 rings (SSSR count). The first-order valence-corrected chi connectivity index (χ1v) is 34.0. The molecule has 4 aliphatic heterocycles. The van der Waals surface area contributed by atoms with E-state index in [1.54, 1.807) is 68.0 Å². The number of ketones is 4. The minimum absolute atomic E-state index is 0.00939. The van der Waals surface area contributed by atoms with Gasteiger partial charge in [0.05, 0.1) is 107 Å². The van der Waals surface area contributed by atoms with Gasteiger partial charge < -0.3 is 64.0 Å². The van der Waals surface area contributed by atoms with Crippen LogP contribution in [0.25, 0.3) is 27.7 Å². The summed E-state index contributed by atoms with van der Waals surface area (Å²) in [5.41, 5.74) is 8.57. The first-order valence-electron chi connectivity index (χ1n) is 34.0. The number of rotatable bonds is 21.